The average Bonchev–Trinajstić information content (AvgIpc) is 3.40. The predicted octanol–water partition coefficient (Wildman–Crippen LogP) is 3.94. The Morgan fingerprint density at radius 1 is 1.25 bits per heavy atom. The molecule has 3 aromatic rings. The van der Waals surface area contributed by atoms with Crippen molar-refractivity contribution < 1.29 is 9.21 Å². The number of furan rings is 1. The third kappa shape index (κ3) is 3.71. The minimum atomic E-state index is 0.104. The van der Waals surface area contributed by atoms with Crippen LogP contribution in [-0.2, 0) is 24.2 Å². The number of thioether (sulfide) groups is 1. The van der Waals surface area contributed by atoms with Gasteiger partial charge in [-0.2, -0.15) is 0 Å². The van der Waals surface area contributed by atoms with Crippen molar-refractivity contribution in [3.63, 3.8) is 0 Å². The summed E-state index contributed by atoms with van der Waals surface area (Å²) in [5, 5.41) is 9.44. The third-order valence-corrected chi connectivity index (χ3v) is 5.91. The van der Waals surface area contributed by atoms with E-state index in [-0.39, 0.29) is 11.9 Å². The van der Waals surface area contributed by atoms with Crippen LogP contribution in [0.1, 0.15) is 37.4 Å². The second-order valence-corrected chi connectivity index (χ2v) is 7.99. The van der Waals surface area contributed by atoms with Gasteiger partial charge in [-0.1, -0.05) is 36.9 Å². The SMILES string of the molecule is CCCc1nnc(SCC(=O)N2c3ccccc3C[C@@H]2C)n1Cc1ccco1. The van der Waals surface area contributed by atoms with E-state index in [1.54, 1.807) is 6.26 Å². The highest BCUT2D eigenvalue weighted by Crippen LogP contribution is 2.32. The number of aromatic nitrogens is 3. The van der Waals surface area contributed by atoms with Gasteiger partial charge in [0.1, 0.15) is 11.6 Å². The van der Waals surface area contributed by atoms with Gasteiger partial charge in [0.05, 0.1) is 18.6 Å². The van der Waals surface area contributed by atoms with Crippen LogP contribution in [0.4, 0.5) is 5.69 Å². The molecule has 1 aliphatic heterocycles. The van der Waals surface area contributed by atoms with Crippen molar-refractivity contribution in [1.29, 1.82) is 0 Å². The number of amides is 1. The number of fused-ring (bicyclic) bond motifs is 1. The molecule has 0 N–H and O–H groups in total. The highest BCUT2D eigenvalue weighted by Gasteiger charge is 2.30. The fourth-order valence-corrected chi connectivity index (χ4v) is 4.51. The van der Waals surface area contributed by atoms with E-state index >= 15 is 0 Å². The maximum absolute atomic E-state index is 13.0. The van der Waals surface area contributed by atoms with Gasteiger partial charge in [-0.3, -0.25) is 9.36 Å². The number of rotatable bonds is 7. The molecule has 28 heavy (non-hydrogen) atoms. The molecule has 0 saturated carbocycles. The van der Waals surface area contributed by atoms with Crippen molar-refractivity contribution in [1.82, 2.24) is 14.8 Å². The number of aryl methyl sites for hydroxylation is 1. The molecule has 0 saturated heterocycles. The molecule has 4 rings (SSSR count). The monoisotopic (exact) mass is 396 g/mol. The molecule has 1 atom stereocenters. The highest BCUT2D eigenvalue weighted by atomic mass is 32.2. The highest BCUT2D eigenvalue weighted by molar-refractivity contribution is 7.99. The van der Waals surface area contributed by atoms with Gasteiger partial charge in [-0.15, -0.1) is 10.2 Å². The van der Waals surface area contributed by atoms with E-state index in [1.165, 1.54) is 17.3 Å². The number of hydrogen-bond donors (Lipinski definition) is 0. The van der Waals surface area contributed by atoms with Gasteiger partial charge in [0, 0.05) is 18.2 Å². The Morgan fingerprint density at radius 2 is 2.11 bits per heavy atom. The lowest BCUT2D eigenvalue weighted by atomic mass is 10.1. The summed E-state index contributed by atoms with van der Waals surface area (Å²) in [7, 11) is 0. The minimum Gasteiger partial charge on any atom is -0.467 e. The van der Waals surface area contributed by atoms with Crippen LogP contribution < -0.4 is 4.90 Å². The minimum absolute atomic E-state index is 0.104. The van der Waals surface area contributed by atoms with Crippen LogP contribution in [0.15, 0.2) is 52.2 Å². The molecule has 0 spiro atoms. The summed E-state index contributed by atoms with van der Waals surface area (Å²) in [4.78, 5) is 14.9. The molecule has 0 unspecified atom stereocenters. The van der Waals surface area contributed by atoms with Gasteiger partial charge in [0.25, 0.3) is 0 Å². The maximum Gasteiger partial charge on any atom is 0.237 e. The standard InChI is InChI=1S/C21H24N4O2S/c1-3-7-19-22-23-21(24(19)13-17-9-6-11-27-17)28-14-20(26)25-15(2)12-16-8-4-5-10-18(16)25/h4-6,8-11,15H,3,7,12-14H2,1-2H3/t15-/m0/s1. The lowest BCUT2D eigenvalue weighted by Gasteiger charge is -2.22. The Labute approximate surface area is 168 Å². The van der Waals surface area contributed by atoms with Crippen LogP contribution in [0.5, 0.6) is 0 Å². The predicted molar refractivity (Wildman–Crippen MR) is 110 cm³/mol. The number of para-hydroxylation sites is 1. The van der Waals surface area contributed by atoms with E-state index in [0.717, 1.165) is 41.7 Å². The van der Waals surface area contributed by atoms with Crippen molar-refractivity contribution in [3.05, 3.63) is 59.8 Å². The van der Waals surface area contributed by atoms with Crippen molar-refractivity contribution >= 4 is 23.4 Å². The average molecular weight is 397 g/mol. The van der Waals surface area contributed by atoms with E-state index in [2.05, 4.69) is 34.7 Å². The molecule has 6 nitrogen and oxygen atoms in total. The van der Waals surface area contributed by atoms with E-state index < -0.39 is 0 Å². The Hall–Kier alpha value is -2.54. The summed E-state index contributed by atoms with van der Waals surface area (Å²) in [6.07, 6.45) is 4.41. The van der Waals surface area contributed by atoms with Gasteiger partial charge >= 0.3 is 0 Å². The van der Waals surface area contributed by atoms with E-state index in [4.69, 9.17) is 4.42 Å². The van der Waals surface area contributed by atoms with Gasteiger partial charge in [0.15, 0.2) is 5.16 Å². The lowest BCUT2D eigenvalue weighted by molar-refractivity contribution is -0.116. The van der Waals surface area contributed by atoms with Gasteiger partial charge in [0.2, 0.25) is 5.91 Å². The van der Waals surface area contributed by atoms with E-state index in [9.17, 15) is 4.79 Å². The van der Waals surface area contributed by atoms with Gasteiger partial charge in [-0.25, -0.2) is 0 Å². The summed E-state index contributed by atoms with van der Waals surface area (Å²) in [5.41, 5.74) is 2.27. The van der Waals surface area contributed by atoms with Crippen LogP contribution in [0.25, 0.3) is 0 Å². The molecule has 0 fully saturated rings. The number of benzene rings is 1. The molecule has 0 radical (unpaired) electrons. The van der Waals surface area contributed by atoms with Gasteiger partial charge < -0.3 is 9.32 Å². The summed E-state index contributed by atoms with van der Waals surface area (Å²) in [6.45, 7) is 4.80. The molecule has 3 heterocycles. The van der Waals surface area contributed by atoms with Crippen molar-refractivity contribution in [3.8, 4) is 0 Å². The maximum atomic E-state index is 13.0. The summed E-state index contributed by atoms with van der Waals surface area (Å²) >= 11 is 1.44. The van der Waals surface area contributed by atoms with Gasteiger partial charge in [-0.05, 0) is 43.5 Å². The topological polar surface area (TPSA) is 64.2 Å². The number of carbonyl (C=O) groups is 1. The Morgan fingerprint density at radius 3 is 2.89 bits per heavy atom. The fraction of sp³-hybridized carbons (Fsp3) is 0.381. The first-order chi connectivity index (χ1) is 13.7. The molecular formula is C21H24N4O2S. The smallest absolute Gasteiger partial charge is 0.237 e. The molecule has 7 heteroatoms. The molecule has 1 aliphatic rings. The fourth-order valence-electron chi connectivity index (χ4n) is 3.69. The van der Waals surface area contributed by atoms with Crippen molar-refractivity contribution in [2.24, 2.45) is 0 Å². The molecular weight excluding hydrogens is 372 g/mol. The molecule has 2 aromatic heterocycles. The molecule has 1 amide bonds. The normalized spacial score (nSPS) is 15.8. The number of hydrogen-bond acceptors (Lipinski definition) is 5. The van der Waals surface area contributed by atoms with Crippen LogP contribution in [-0.4, -0.2) is 32.5 Å². The second kappa shape index (κ2) is 8.22. The van der Waals surface area contributed by atoms with E-state index in [0.29, 0.717) is 12.3 Å². The number of anilines is 1. The van der Waals surface area contributed by atoms with Crippen LogP contribution in [0, 0.1) is 0 Å². The molecule has 0 aliphatic carbocycles. The lowest BCUT2D eigenvalue weighted by Crippen LogP contribution is -2.37. The quantitative estimate of drug-likeness (QED) is 0.566. The Bertz CT molecular complexity index is 951. The zero-order chi connectivity index (χ0) is 19.5. The first-order valence-electron chi connectivity index (χ1n) is 9.64. The molecule has 0 bridgehead atoms. The van der Waals surface area contributed by atoms with E-state index in [1.807, 2.05) is 35.2 Å². The first-order valence-corrected chi connectivity index (χ1v) is 10.6. The third-order valence-electron chi connectivity index (χ3n) is 4.96. The number of nitrogens with zero attached hydrogens (tertiary/aromatic N) is 4. The summed E-state index contributed by atoms with van der Waals surface area (Å²) < 4.78 is 7.55. The Kier molecular flexibility index (Phi) is 5.52. The van der Waals surface area contributed by atoms with Crippen molar-refractivity contribution in [2.75, 3.05) is 10.7 Å². The zero-order valence-corrected chi connectivity index (χ0v) is 17.0. The van der Waals surface area contributed by atoms with Crippen molar-refractivity contribution in [2.45, 2.75) is 50.9 Å². The van der Waals surface area contributed by atoms with Crippen LogP contribution in [0.2, 0.25) is 0 Å². The second-order valence-electron chi connectivity index (χ2n) is 7.05. The molecule has 146 valence electrons. The summed E-state index contributed by atoms with van der Waals surface area (Å²) in [6, 6.07) is 12.1. The zero-order valence-electron chi connectivity index (χ0n) is 16.2. The Balaban J connectivity index is 1.49. The number of carbonyl (C=O) groups excluding carboxylic acids is 1. The largest absolute Gasteiger partial charge is 0.467 e. The first kappa shape index (κ1) is 18.8. The molecule has 1 aromatic carbocycles. The van der Waals surface area contributed by atoms with Crippen LogP contribution in [0.3, 0.4) is 0 Å². The van der Waals surface area contributed by atoms with Crippen LogP contribution >= 0.6 is 11.8 Å². The summed E-state index contributed by atoms with van der Waals surface area (Å²) in [5.74, 6) is 2.22.